The first-order valence-electron chi connectivity index (χ1n) is 7.50. The second-order valence-electron chi connectivity index (χ2n) is 5.03. The molecule has 1 unspecified atom stereocenters. The van der Waals surface area contributed by atoms with E-state index in [0.717, 1.165) is 5.69 Å². The molecule has 0 bridgehead atoms. The van der Waals surface area contributed by atoms with Gasteiger partial charge in [-0.3, -0.25) is 4.98 Å². The van der Waals surface area contributed by atoms with Crippen molar-refractivity contribution in [1.82, 2.24) is 4.98 Å². The Morgan fingerprint density at radius 3 is 2.67 bits per heavy atom. The zero-order valence-electron chi connectivity index (χ0n) is 13.8. The van der Waals surface area contributed by atoms with Gasteiger partial charge in [0.05, 0.1) is 12.8 Å². The van der Waals surface area contributed by atoms with Crippen LogP contribution in [0.2, 0.25) is 0 Å². The molecule has 0 aliphatic heterocycles. The highest BCUT2D eigenvalue weighted by Crippen LogP contribution is 2.32. The molecule has 7 nitrogen and oxygen atoms in total. The number of esters is 1. The van der Waals surface area contributed by atoms with Gasteiger partial charge < -0.3 is 14.6 Å². The zero-order valence-corrected chi connectivity index (χ0v) is 13.8. The normalized spacial score (nSPS) is 12.1. The first-order chi connectivity index (χ1) is 11.5. The van der Waals surface area contributed by atoms with Crippen LogP contribution in [0, 0.1) is 6.92 Å². The van der Waals surface area contributed by atoms with Crippen molar-refractivity contribution in [2.24, 2.45) is 10.2 Å². The van der Waals surface area contributed by atoms with Gasteiger partial charge in [0.15, 0.2) is 6.04 Å². The van der Waals surface area contributed by atoms with E-state index in [4.69, 9.17) is 9.47 Å². The minimum atomic E-state index is -0.737. The van der Waals surface area contributed by atoms with Crippen LogP contribution in [0.5, 0.6) is 17.2 Å². The number of hydrogen-bond acceptors (Lipinski definition) is 7. The Balaban J connectivity index is 2.06. The summed E-state index contributed by atoms with van der Waals surface area (Å²) in [5, 5.41) is 17.7. The van der Waals surface area contributed by atoms with Crippen molar-refractivity contribution in [3.05, 3.63) is 42.2 Å². The molecule has 7 heteroatoms. The Bertz CT molecular complexity index is 729. The van der Waals surface area contributed by atoms with Crippen LogP contribution in [0.1, 0.15) is 19.5 Å². The van der Waals surface area contributed by atoms with Crippen molar-refractivity contribution in [2.45, 2.75) is 26.8 Å². The van der Waals surface area contributed by atoms with E-state index < -0.39 is 12.0 Å². The van der Waals surface area contributed by atoms with Crippen LogP contribution in [0.4, 0.5) is 5.69 Å². The summed E-state index contributed by atoms with van der Waals surface area (Å²) in [6.45, 7) is 5.45. The number of carbonyl (C=O) groups excluding carboxylic acids is 1. The summed E-state index contributed by atoms with van der Waals surface area (Å²) in [6, 6.07) is 7.49. The monoisotopic (exact) mass is 329 g/mol. The highest BCUT2D eigenvalue weighted by atomic mass is 16.5. The summed E-state index contributed by atoms with van der Waals surface area (Å²) in [6.07, 6.45) is 1.60. The average molecular weight is 329 g/mol. The van der Waals surface area contributed by atoms with Gasteiger partial charge in [0.25, 0.3) is 0 Å². The third kappa shape index (κ3) is 4.77. The minimum absolute atomic E-state index is 0.104. The first-order valence-corrected chi connectivity index (χ1v) is 7.50. The maximum Gasteiger partial charge on any atom is 0.332 e. The number of azo groups is 1. The highest BCUT2D eigenvalue weighted by Gasteiger charge is 2.13. The molecule has 24 heavy (non-hydrogen) atoms. The molecule has 1 atom stereocenters. The smallest absolute Gasteiger partial charge is 0.332 e. The van der Waals surface area contributed by atoms with Crippen molar-refractivity contribution in [1.29, 1.82) is 0 Å². The average Bonchev–Trinajstić information content (AvgIpc) is 2.56. The summed E-state index contributed by atoms with van der Waals surface area (Å²) in [5.74, 6) is 0.431. The van der Waals surface area contributed by atoms with Gasteiger partial charge in [-0.05, 0) is 45.0 Å². The number of pyridine rings is 1. The second-order valence-corrected chi connectivity index (χ2v) is 5.03. The van der Waals surface area contributed by atoms with Gasteiger partial charge in [-0.1, -0.05) is 0 Å². The van der Waals surface area contributed by atoms with E-state index in [9.17, 15) is 9.90 Å². The van der Waals surface area contributed by atoms with Gasteiger partial charge in [0, 0.05) is 11.8 Å². The highest BCUT2D eigenvalue weighted by molar-refractivity contribution is 5.75. The van der Waals surface area contributed by atoms with Crippen LogP contribution in [0.3, 0.4) is 0 Å². The summed E-state index contributed by atoms with van der Waals surface area (Å²) in [4.78, 5) is 15.6. The predicted molar refractivity (Wildman–Crippen MR) is 87.8 cm³/mol. The second kappa shape index (κ2) is 8.05. The van der Waals surface area contributed by atoms with Crippen LogP contribution in [-0.4, -0.2) is 28.7 Å². The topological polar surface area (TPSA) is 93.4 Å². The molecule has 0 fully saturated rings. The van der Waals surface area contributed by atoms with Gasteiger partial charge in [-0.15, -0.1) is 0 Å². The lowest BCUT2D eigenvalue weighted by Gasteiger charge is -2.07. The van der Waals surface area contributed by atoms with E-state index in [-0.39, 0.29) is 18.0 Å². The summed E-state index contributed by atoms with van der Waals surface area (Å²) in [7, 11) is 0. The molecule has 0 saturated heterocycles. The number of aryl methyl sites for hydroxylation is 1. The third-order valence-corrected chi connectivity index (χ3v) is 3.03. The molecule has 2 rings (SSSR count). The number of phenols is 1. The Morgan fingerprint density at radius 1 is 1.29 bits per heavy atom. The van der Waals surface area contributed by atoms with Crippen molar-refractivity contribution < 1.29 is 19.4 Å². The molecule has 0 aliphatic carbocycles. The lowest BCUT2D eigenvalue weighted by atomic mass is 10.3. The molecular formula is C17H19N3O4. The van der Waals surface area contributed by atoms with E-state index in [2.05, 4.69) is 15.2 Å². The number of ether oxygens (including phenoxy) is 2. The number of carbonyl (C=O) groups is 1. The van der Waals surface area contributed by atoms with E-state index in [1.807, 2.05) is 13.0 Å². The largest absolute Gasteiger partial charge is 0.505 e. The van der Waals surface area contributed by atoms with Gasteiger partial charge in [-0.2, -0.15) is 10.2 Å². The number of aromatic nitrogens is 1. The van der Waals surface area contributed by atoms with Gasteiger partial charge in [0.1, 0.15) is 22.9 Å². The molecule has 126 valence electrons. The maximum absolute atomic E-state index is 11.5. The molecule has 0 amide bonds. The fourth-order valence-corrected chi connectivity index (χ4v) is 1.76. The van der Waals surface area contributed by atoms with Gasteiger partial charge in [0.2, 0.25) is 0 Å². The summed E-state index contributed by atoms with van der Waals surface area (Å²) in [5.41, 5.74) is 1.12. The maximum atomic E-state index is 11.5. The Morgan fingerprint density at radius 2 is 2.04 bits per heavy atom. The predicted octanol–water partition coefficient (Wildman–Crippen LogP) is 3.92. The molecule has 1 aromatic heterocycles. The fourth-order valence-electron chi connectivity index (χ4n) is 1.76. The van der Waals surface area contributed by atoms with Crippen LogP contribution >= 0.6 is 0 Å². The summed E-state index contributed by atoms with van der Waals surface area (Å²) < 4.78 is 10.4. The quantitative estimate of drug-likeness (QED) is 0.640. The van der Waals surface area contributed by atoms with E-state index >= 15 is 0 Å². The van der Waals surface area contributed by atoms with Crippen LogP contribution in [0.15, 0.2) is 46.8 Å². The molecule has 0 spiro atoms. The number of rotatable bonds is 6. The fraction of sp³-hybridized carbons (Fsp3) is 0.294. The lowest BCUT2D eigenvalue weighted by molar-refractivity contribution is -0.144. The zero-order chi connectivity index (χ0) is 17.5. The summed E-state index contributed by atoms with van der Waals surface area (Å²) >= 11 is 0. The van der Waals surface area contributed by atoms with Crippen LogP contribution in [-0.2, 0) is 9.53 Å². The molecule has 1 aromatic carbocycles. The van der Waals surface area contributed by atoms with Crippen LogP contribution in [0.25, 0.3) is 0 Å². The van der Waals surface area contributed by atoms with Gasteiger partial charge in [-0.25, -0.2) is 4.79 Å². The number of benzene rings is 1. The molecule has 0 aliphatic rings. The van der Waals surface area contributed by atoms with E-state index in [1.54, 1.807) is 38.2 Å². The molecule has 0 saturated carbocycles. The van der Waals surface area contributed by atoms with Crippen molar-refractivity contribution >= 4 is 11.7 Å². The molecule has 2 aromatic rings. The molecular weight excluding hydrogens is 310 g/mol. The lowest BCUT2D eigenvalue weighted by Crippen LogP contribution is -2.17. The Hall–Kier alpha value is -2.96. The van der Waals surface area contributed by atoms with Crippen LogP contribution < -0.4 is 4.74 Å². The first kappa shape index (κ1) is 17.4. The van der Waals surface area contributed by atoms with Crippen molar-refractivity contribution in [3.63, 3.8) is 0 Å². The third-order valence-electron chi connectivity index (χ3n) is 3.03. The Labute approximate surface area is 140 Å². The van der Waals surface area contributed by atoms with E-state index in [0.29, 0.717) is 11.5 Å². The SMILES string of the molecule is CCOC(=O)C(C)N=Nc1ccc(Oc2ccc(C)nc2)cc1O. The Kier molecular flexibility index (Phi) is 5.83. The number of nitrogens with zero attached hydrogens (tertiary/aromatic N) is 3. The molecule has 1 heterocycles. The van der Waals surface area contributed by atoms with Crippen molar-refractivity contribution in [3.8, 4) is 17.2 Å². The number of aromatic hydroxyl groups is 1. The van der Waals surface area contributed by atoms with E-state index in [1.165, 1.54) is 6.07 Å². The number of hydrogen-bond donors (Lipinski definition) is 1. The standard InChI is InChI=1S/C17H19N3O4/c1-4-23-17(22)12(3)19-20-15-8-7-13(9-16(15)21)24-14-6-5-11(2)18-10-14/h5-10,12,21H,4H2,1-3H3. The van der Waals surface area contributed by atoms with Crippen molar-refractivity contribution in [2.75, 3.05) is 6.61 Å². The number of phenolic OH excluding ortho intramolecular Hbond substituents is 1. The molecule has 1 N–H and O–H groups in total. The molecule has 0 radical (unpaired) electrons. The van der Waals surface area contributed by atoms with Gasteiger partial charge >= 0.3 is 5.97 Å². The minimum Gasteiger partial charge on any atom is -0.505 e.